The first kappa shape index (κ1) is 19.4. The van der Waals surface area contributed by atoms with Crippen molar-refractivity contribution in [3.63, 3.8) is 0 Å². The van der Waals surface area contributed by atoms with E-state index in [9.17, 15) is 8.42 Å². The van der Waals surface area contributed by atoms with Gasteiger partial charge in [-0.3, -0.25) is 0 Å². The van der Waals surface area contributed by atoms with Crippen LogP contribution in [0.2, 0.25) is 0 Å². The van der Waals surface area contributed by atoms with Crippen LogP contribution in [0.25, 0.3) is 64.2 Å². The first-order chi connectivity index (χ1) is 17.1. The Balaban J connectivity index is 1.55. The van der Waals surface area contributed by atoms with Crippen LogP contribution in [0.1, 0.15) is 0 Å². The van der Waals surface area contributed by atoms with Crippen LogP contribution in [0, 0.1) is 0 Å². The first-order valence-corrected chi connectivity index (χ1v) is 13.7. The molecule has 0 radical (unpaired) electrons. The van der Waals surface area contributed by atoms with Crippen LogP contribution in [-0.4, -0.2) is 12.4 Å². The number of thiophene rings is 1. The number of aromatic nitrogens is 1. The van der Waals surface area contributed by atoms with Gasteiger partial charge in [0.15, 0.2) is 0 Å². The third-order valence-corrected chi connectivity index (χ3v) is 10.1. The van der Waals surface area contributed by atoms with Crippen molar-refractivity contribution in [2.24, 2.45) is 0 Å². The summed E-state index contributed by atoms with van der Waals surface area (Å²) in [6, 6.07) is 34.5. The van der Waals surface area contributed by atoms with Crippen molar-refractivity contribution in [3.05, 3.63) is 103 Å². The van der Waals surface area contributed by atoms with Crippen molar-refractivity contribution >= 4 is 63.3 Å². The average molecular weight is 488 g/mol. The minimum atomic E-state index is -3.73. The molecule has 2 aromatic heterocycles. The fourth-order valence-electron chi connectivity index (χ4n) is 5.67. The summed E-state index contributed by atoms with van der Waals surface area (Å²) in [5.41, 5.74) is 5.33. The van der Waals surface area contributed by atoms with Gasteiger partial charge in [-0.05, 0) is 41.5 Å². The van der Waals surface area contributed by atoms with E-state index in [0.29, 0.717) is 10.4 Å². The summed E-state index contributed by atoms with van der Waals surface area (Å²) in [5, 5.41) is 4.41. The summed E-state index contributed by atoms with van der Waals surface area (Å²) in [5.74, 6) is 0. The van der Waals surface area contributed by atoms with Crippen molar-refractivity contribution in [2.75, 3.05) is 0 Å². The molecule has 3 nitrogen and oxygen atoms in total. The predicted octanol–water partition coefficient (Wildman–Crippen LogP) is 8.05. The summed E-state index contributed by atoms with van der Waals surface area (Å²) in [7, 11) is -3.73. The van der Waals surface area contributed by atoms with Crippen LogP contribution in [0.15, 0.2) is 108 Å². The molecule has 0 aliphatic carbocycles. The lowest BCUT2D eigenvalue weighted by atomic mass is 9.94. The van der Waals surface area contributed by atoms with Crippen LogP contribution >= 0.6 is 11.3 Å². The van der Waals surface area contributed by atoms with E-state index in [1.165, 1.54) is 20.2 Å². The van der Waals surface area contributed by atoms with Crippen molar-refractivity contribution in [3.8, 4) is 22.3 Å². The van der Waals surface area contributed by atoms with E-state index in [4.69, 9.17) is 0 Å². The molecule has 166 valence electrons. The first-order valence-electron chi connectivity index (χ1n) is 11.5. The second kappa shape index (κ2) is 6.60. The van der Waals surface area contributed by atoms with Gasteiger partial charge in [0, 0.05) is 42.1 Å². The smallest absolute Gasteiger partial charge is 0.233 e. The summed E-state index contributed by atoms with van der Waals surface area (Å²) < 4.78 is 31.8. The van der Waals surface area contributed by atoms with Gasteiger partial charge in [0.05, 0.1) is 15.9 Å². The zero-order chi connectivity index (χ0) is 23.3. The Morgan fingerprint density at radius 1 is 0.600 bits per heavy atom. The van der Waals surface area contributed by atoms with E-state index in [0.717, 1.165) is 38.5 Å². The maximum absolute atomic E-state index is 13.9. The van der Waals surface area contributed by atoms with Gasteiger partial charge in [-0.15, -0.1) is 11.3 Å². The molecule has 0 bridgehead atoms. The maximum Gasteiger partial charge on any atom is 0.269 e. The fourth-order valence-corrected chi connectivity index (χ4v) is 8.51. The minimum absolute atomic E-state index is 0.356. The topological polar surface area (TPSA) is 39.1 Å². The summed E-state index contributed by atoms with van der Waals surface area (Å²) in [6.07, 6.45) is 0. The standard InChI is InChI=1S/C30H17NO2S2/c32-35(33)28-12-6-3-8-21(28)22-15-14-19(29-23-9-1-4-10-25(23)31(35)30(22)29)18-13-16-27-24(17-18)20-7-2-5-11-26(20)34-27/h1-17H. The Labute approximate surface area is 205 Å². The van der Waals surface area contributed by atoms with Crippen LogP contribution in [0.4, 0.5) is 0 Å². The molecule has 1 aliphatic rings. The molecule has 0 spiro atoms. The van der Waals surface area contributed by atoms with E-state index in [1.807, 2.05) is 36.4 Å². The number of benzene rings is 5. The SMILES string of the molecule is O=S1(=O)c2ccccc2-c2ccc(-c3ccc4sc5ccccc5c4c3)c3c4ccccc4n1c23. The molecule has 5 aromatic carbocycles. The summed E-state index contributed by atoms with van der Waals surface area (Å²) >= 11 is 1.80. The number of nitrogens with zero attached hydrogens (tertiary/aromatic N) is 1. The Bertz CT molecular complexity index is 2130. The number of rotatable bonds is 1. The van der Waals surface area contributed by atoms with Crippen LogP contribution < -0.4 is 0 Å². The van der Waals surface area contributed by atoms with Gasteiger partial charge < -0.3 is 0 Å². The third kappa shape index (κ3) is 2.41. The molecule has 8 rings (SSSR count). The lowest BCUT2D eigenvalue weighted by Crippen LogP contribution is -2.17. The van der Waals surface area contributed by atoms with Gasteiger partial charge in [-0.2, -0.15) is 0 Å². The average Bonchev–Trinajstić information content (AvgIpc) is 3.44. The third-order valence-electron chi connectivity index (χ3n) is 7.16. The van der Waals surface area contributed by atoms with Gasteiger partial charge >= 0.3 is 0 Å². The van der Waals surface area contributed by atoms with E-state index in [1.54, 1.807) is 27.4 Å². The minimum Gasteiger partial charge on any atom is -0.233 e. The highest BCUT2D eigenvalue weighted by Crippen LogP contribution is 2.48. The number of hydrogen-bond donors (Lipinski definition) is 0. The second-order valence-electron chi connectivity index (χ2n) is 8.98. The van der Waals surface area contributed by atoms with Crippen LogP contribution in [-0.2, 0) is 10.0 Å². The fraction of sp³-hybridized carbons (Fsp3) is 0. The van der Waals surface area contributed by atoms with Crippen molar-refractivity contribution < 1.29 is 8.42 Å². The quantitative estimate of drug-likeness (QED) is 0.235. The molecule has 5 heteroatoms. The molecule has 3 heterocycles. The molecular weight excluding hydrogens is 470 g/mol. The van der Waals surface area contributed by atoms with Gasteiger partial charge in [-0.1, -0.05) is 72.8 Å². The molecule has 7 aromatic rings. The molecule has 0 N–H and O–H groups in total. The second-order valence-corrected chi connectivity index (χ2v) is 11.8. The maximum atomic E-state index is 13.9. The number of hydrogen-bond acceptors (Lipinski definition) is 3. The molecule has 0 atom stereocenters. The van der Waals surface area contributed by atoms with E-state index in [-0.39, 0.29) is 0 Å². The van der Waals surface area contributed by atoms with E-state index < -0.39 is 10.0 Å². The summed E-state index contributed by atoms with van der Waals surface area (Å²) in [6.45, 7) is 0. The Morgan fingerprint density at radius 2 is 1.31 bits per heavy atom. The van der Waals surface area contributed by atoms with Crippen LogP contribution in [0.5, 0.6) is 0 Å². The monoisotopic (exact) mass is 487 g/mol. The van der Waals surface area contributed by atoms with Gasteiger partial charge in [-0.25, -0.2) is 12.4 Å². The van der Waals surface area contributed by atoms with Gasteiger partial charge in [0.2, 0.25) is 0 Å². The lowest BCUT2D eigenvalue weighted by molar-refractivity contribution is 0.590. The highest BCUT2D eigenvalue weighted by Gasteiger charge is 2.33. The molecule has 0 saturated carbocycles. The van der Waals surface area contributed by atoms with Gasteiger partial charge in [0.1, 0.15) is 0 Å². The van der Waals surface area contributed by atoms with Crippen molar-refractivity contribution in [1.82, 2.24) is 3.97 Å². The normalized spacial score (nSPS) is 14.2. The molecule has 35 heavy (non-hydrogen) atoms. The molecule has 0 unspecified atom stereocenters. The van der Waals surface area contributed by atoms with Crippen LogP contribution in [0.3, 0.4) is 0 Å². The van der Waals surface area contributed by atoms with Gasteiger partial charge in [0.25, 0.3) is 10.0 Å². The predicted molar refractivity (Wildman–Crippen MR) is 146 cm³/mol. The van der Waals surface area contributed by atoms with E-state index in [2.05, 4.69) is 54.6 Å². The number of fused-ring (bicyclic) bond motifs is 8. The largest absolute Gasteiger partial charge is 0.269 e. The molecule has 0 amide bonds. The molecule has 1 aliphatic heterocycles. The lowest BCUT2D eigenvalue weighted by Gasteiger charge is -2.21. The Morgan fingerprint density at radius 3 is 2.23 bits per heavy atom. The summed E-state index contributed by atoms with van der Waals surface area (Å²) in [4.78, 5) is 0.356. The zero-order valence-corrected chi connectivity index (χ0v) is 20.0. The highest BCUT2D eigenvalue weighted by atomic mass is 32.2. The van der Waals surface area contributed by atoms with Crippen molar-refractivity contribution in [1.29, 1.82) is 0 Å². The molecular formula is C30H17NO2S2. The Kier molecular flexibility index (Phi) is 3.65. The molecule has 0 saturated heterocycles. The highest BCUT2D eigenvalue weighted by molar-refractivity contribution is 7.90. The van der Waals surface area contributed by atoms with E-state index >= 15 is 0 Å². The number of para-hydroxylation sites is 1. The zero-order valence-electron chi connectivity index (χ0n) is 18.4. The van der Waals surface area contributed by atoms with Crippen molar-refractivity contribution in [2.45, 2.75) is 4.90 Å². The molecule has 0 fully saturated rings. The Hall–Kier alpha value is -3.93.